The van der Waals surface area contributed by atoms with Crippen molar-refractivity contribution in [3.8, 4) is 0 Å². The van der Waals surface area contributed by atoms with E-state index in [0.29, 0.717) is 5.92 Å². The van der Waals surface area contributed by atoms with Gasteiger partial charge in [0.2, 0.25) is 0 Å². The Morgan fingerprint density at radius 2 is 2.00 bits per heavy atom. The molecular formula is C11H20O2. The highest BCUT2D eigenvalue weighted by Gasteiger charge is 2.20. The molecule has 1 fully saturated rings. The van der Waals surface area contributed by atoms with Crippen LogP contribution in [0.4, 0.5) is 0 Å². The Balaban J connectivity index is 2.26. The van der Waals surface area contributed by atoms with Gasteiger partial charge in [0, 0.05) is 13.5 Å². The largest absolute Gasteiger partial charge is 0.374 e. The van der Waals surface area contributed by atoms with Gasteiger partial charge < -0.3 is 4.74 Å². The maximum Gasteiger partial charge on any atom is 0.161 e. The van der Waals surface area contributed by atoms with E-state index < -0.39 is 0 Å². The number of ether oxygens (including phenoxy) is 1. The average Bonchev–Trinajstić information content (AvgIpc) is 2.18. The lowest BCUT2D eigenvalue weighted by molar-refractivity contribution is -0.129. The van der Waals surface area contributed by atoms with Crippen LogP contribution >= 0.6 is 0 Å². The Labute approximate surface area is 80.7 Å². The molecule has 1 saturated carbocycles. The van der Waals surface area contributed by atoms with Crippen molar-refractivity contribution in [1.82, 2.24) is 0 Å². The van der Waals surface area contributed by atoms with Crippen LogP contribution in [0.15, 0.2) is 0 Å². The van der Waals surface area contributed by atoms with Gasteiger partial charge in [0.05, 0.1) is 0 Å². The Bertz CT molecular complexity index is 159. The van der Waals surface area contributed by atoms with Gasteiger partial charge in [-0.3, -0.25) is 4.79 Å². The normalized spacial score (nSPS) is 21.4. The number of methoxy groups -OCH3 is 1. The third kappa shape index (κ3) is 3.47. The minimum Gasteiger partial charge on any atom is -0.374 e. The van der Waals surface area contributed by atoms with E-state index in [1.54, 1.807) is 7.11 Å². The van der Waals surface area contributed by atoms with E-state index in [1.807, 2.05) is 6.92 Å². The summed E-state index contributed by atoms with van der Waals surface area (Å²) in [6.07, 6.45) is 6.96. The van der Waals surface area contributed by atoms with Crippen molar-refractivity contribution in [1.29, 1.82) is 0 Å². The molecule has 1 aliphatic rings. The molecule has 0 aromatic carbocycles. The van der Waals surface area contributed by atoms with Gasteiger partial charge in [0.1, 0.15) is 6.10 Å². The minimum atomic E-state index is -0.207. The van der Waals surface area contributed by atoms with Crippen LogP contribution in [-0.4, -0.2) is 19.0 Å². The van der Waals surface area contributed by atoms with E-state index in [2.05, 4.69) is 0 Å². The smallest absolute Gasteiger partial charge is 0.161 e. The third-order valence-electron chi connectivity index (χ3n) is 3.02. The Hall–Kier alpha value is -0.370. The van der Waals surface area contributed by atoms with Crippen molar-refractivity contribution in [2.24, 2.45) is 5.92 Å². The van der Waals surface area contributed by atoms with Crippen LogP contribution < -0.4 is 0 Å². The molecule has 0 heterocycles. The first-order chi connectivity index (χ1) is 6.24. The summed E-state index contributed by atoms with van der Waals surface area (Å²) < 4.78 is 5.00. The quantitative estimate of drug-likeness (QED) is 0.671. The third-order valence-corrected chi connectivity index (χ3v) is 3.02. The zero-order valence-electron chi connectivity index (χ0n) is 8.71. The lowest BCUT2D eigenvalue weighted by Crippen LogP contribution is -2.22. The van der Waals surface area contributed by atoms with Gasteiger partial charge >= 0.3 is 0 Å². The number of carbonyl (C=O) groups is 1. The molecule has 1 atom stereocenters. The van der Waals surface area contributed by atoms with Crippen molar-refractivity contribution in [3.05, 3.63) is 0 Å². The van der Waals surface area contributed by atoms with Crippen LogP contribution in [0.5, 0.6) is 0 Å². The van der Waals surface area contributed by atoms with Crippen LogP contribution in [0.25, 0.3) is 0 Å². The minimum absolute atomic E-state index is 0.207. The van der Waals surface area contributed by atoms with Crippen LogP contribution in [0.2, 0.25) is 0 Å². The van der Waals surface area contributed by atoms with Crippen LogP contribution in [-0.2, 0) is 9.53 Å². The van der Waals surface area contributed by atoms with Crippen LogP contribution in [0, 0.1) is 5.92 Å². The first kappa shape index (κ1) is 10.7. The molecule has 0 N–H and O–H groups in total. The second kappa shape index (κ2) is 5.38. The molecule has 76 valence electrons. The maximum absolute atomic E-state index is 11.5. The molecule has 1 unspecified atom stereocenters. The van der Waals surface area contributed by atoms with E-state index >= 15 is 0 Å². The predicted octanol–water partition coefficient (Wildman–Crippen LogP) is 2.56. The fraction of sp³-hybridized carbons (Fsp3) is 0.909. The second-order valence-electron chi connectivity index (χ2n) is 4.05. The SMILES string of the molecule is COC(C)C(=O)CC1CCCCC1. The summed E-state index contributed by atoms with van der Waals surface area (Å²) in [6, 6.07) is 0. The van der Waals surface area contributed by atoms with E-state index in [-0.39, 0.29) is 11.9 Å². The number of hydrogen-bond acceptors (Lipinski definition) is 2. The highest BCUT2D eigenvalue weighted by Crippen LogP contribution is 2.26. The summed E-state index contributed by atoms with van der Waals surface area (Å²) in [5.74, 6) is 0.910. The van der Waals surface area contributed by atoms with Crippen molar-refractivity contribution in [2.75, 3.05) is 7.11 Å². The summed E-state index contributed by atoms with van der Waals surface area (Å²) in [5.41, 5.74) is 0. The topological polar surface area (TPSA) is 26.3 Å². The maximum atomic E-state index is 11.5. The number of carbonyl (C=O) groups excluding carboxylic acids is 1. The summed E-state index contributed by atoms with van der Waals surface area (Å²) in [4.78, 5) is 11.5. The molecule has 0 amide bonds. The number of ketones is 1. The summed E-state index contributed by atoms with van der Waals surface area (Å²) >= 11 is 0. The van der Waals surface area contributed by atoms with Gasteiger partial charge in [0.25, 0.3) is 0 Å². The van der Waals surface area contributed by atoms with Gasteiger partial charge in [-0.2, -0.15) is 0 Å². The Kier molecular flexibility index (Phi) is 4.43. The van der Waals surface area contributed by atoms with Gasteiger partial charge in [-0.15, -0.1) is 0 Å². The molecular weight excluding hydrogens is 164 g/mol. The first-order valence-electron chi connectivity index (χ1n) is 5.29. The molecule has 0 aromatic rings. The monoisotopic (exact) mass is 184 g/mol. The molecule has 0 aliphatic heterocycles. The van der Waals surface area contributed by atoms with Gasteiger partial charge in [-0.05, 0) is 12.8 Å². The predicted molar refractivity (Wildman–Crippen MR) is 52.7 cm³/mol. The lowest BCUT2D eigenvalue weighted by atomic mass is 9.85. The molecule has 0 saturated heterocycles. The summed E-state index contributed by atoms with van der Waals surface area (Å²) in [7, 11) is 1.60. The lowest BCUT2D eigenvalue weighted by Gasteiger charge is -2.21. The van der Waals surface area contributed by atoms with Crippen LogP contribution in [0.1, 0.15) is 45.4 Å². The molecule has 1 rings (SSSR count). The Morgan fingerprint density at radius 3 is 2.54 bits per heavy atom. The number of hydrogen-bond donors (Lipinski definition) is 0. The molecule has 2 heteroatoms. The molecule has 1 aliphatic carbocycles. The molecule has 0 spiro atoms. The van der Waals surface area contributed by atoms with Crippen molar-refractivity contribution in [2.45, 2.75) is 51.6 Å². The zero-order valence-corrected chi connectivity index (χ0v) is 8.71. The van der Waals surface area contributed by atoms with Crippen LogP contribution in [0.3, 0.4) is 0 Å². The van der Waals surface area contributed by atoms with Crippen molar-refractivity contribution < 1.29 is 9.53 Å². The molecule has 2 nitrogen and oxygen atoms in total. The Morgan fingerprint density at radius 1 is 1.38 bits per heavy atom. The van der Waals surface area contributed by atoms with E-state index in [4.69, 9.17) is 4.74 Å². The fourth-order valence-corrected chi connectivity index (χ4v) is 1.97. The van der Waals surface area contributed by atoms with E-state index in [0.717, 1.165) is 6.42 Å². The van der Waals surface area contributed by atoms with Gasteiger partial charge in [0.15, 0.2) is 5.78 Å². The second-order valence-corrected chi connectivity index (χ2v) is 4.05. The van der Waals surface area contributed by atoms with Gasteiger partial charge in [-0.1, -0.05) is 32.1 Å². The standard InChI is InChI=1S/C11H20O2/c1-9(13-2)11(12)8-10-6-4-3-5-7-10/h9-10H,3-8H2,1-2H3. The zero-order chi connectivity index (χ0) is 9.68. The first-order valence-corrected chi connectivity index (χ1v) is 5.29. The van der Waals surface area contributed by atoms with E-state index in [9.17, 15) is 4.79 Å². The highest BCUT2D eigenvalue weighted by molar-refractivity contribution is 5.82. The summed E-state index contributed by atoms with van der Waals surface area (Å²) in [6.45, 7) is 1.84. The highest BCUT2D eigenvalue weighted by atomic mass is 16.5. The van der Waals surface area contributed by atoms with Gasteiger partial charge in [-0.25, -0.2) is 0 Å². The molecule has 0 bridgehead atoms. The van der Waals surface area contributed by atoms with E-state index in [1.165, 1.54) is 32.1 Å². The fourth-order valence-electron chi connectivity index (χ4n) is 1.97. The number of rotatable bonds is 4. The average molecular weight is 184 g/mol. The molecule has 0 aromatic heterocycles. The van der Waals surface area contributed by atoms with Crippen molar-refractivity contribution >= 4 is 5.78 Å². The molecule has 13 heavy (non-hydrogen) atoms. The number of Topliss-reactive ketones (excluding diaryl/α,β-unsaturated/α-hetero) is 1. The molecule has 0 radical (unpaired) electrons. The van der Waals surface area contributed by atoms with Crippen molar-refractivity contribution in [3.63, 3.8) is 0 Å². The summed E-state index contributed by atoms with van der Waals surface area (Å²) in [5, 5.41) is 0.